The molecule has 3 aromatic rings. The number of aromatic nitrogens is 3. The SMILES string of the molecule is Cc1noc2c(-n3c(=O)cc(C(F)(F)F)n(C)c3=O)c(Cl)cc(Cl)c12. The van der Waals surface area contributed by atoms with E-state index in [2.05, 4.69) is 5.16 Å². The lowest BCUT2D eigenvalue weighted by atomic mass is 10.2. The highest BCUT2D eigenvalue weighted by molar-refractivity contribution is 6.40. The Morgan fingerprint density at radius 3 is 2.40 bits per heavy atom. The van der Waals surface area contributed by atoms with Gasteiger partial charge >= 0.3 is 11.9 Å². The van der Waals surface area contributed by atoms with Crippen molar-refractivity contribution >= 4 is 34.2 Å². The monoisotopic (exact) mass is 393 g/mol. The first-order valence-electron chi connectivity index (χ1n) is 6.68. The third-order valence-corrected chi connectivity index (χ3v) is 4.22. The van der Waals surface area contributed by atoms with Crippen molar-refractivity contribution < 1.29 is 17.7 Å². The fourth-order valence-electron chi connectivity index (χ4n) is 2.48. The summed E-state index contributed by atoms with van der Waals surface area (Å²) in [5.74, 6) is 0. The van der Waals surface area contributed by atoms with Crippen molar-refractivity contribution in [2.45, 2.75) is 13.1 Å². The molecule has 0 atom stereocenters. The minimum absolute atomic E-state index is 0.0750. The van der Waals surface area contributed by atoms with Crippen LogP contribution in [0.3, 0.4) is 0 Å². The molecule has 11 heteroatoms. The van der Waals surface area contributed by atoms with Gasteiger partial charge in [0.2, 0.25) is 0 Å². The second kappa shape index (κ2) is 5.63. The van der Waals surface area contributed by atoms with Gasteiger partial charge in [0.05, 0.1) is 21.1 Å². The highest BCUT2D eigenvalue weighted by Gasteiger charge is 2.35. The van der Waals surface area contributed by atoms with Gasteiger partial charge < -0.3 is 4.52 Å². The van der Waals surface area contributed by atoms with Gasteiger partial charge in [-0.25, -0.2) is 9.36 Å². The van der Waals surface area contributed by atoms with E-state index in [4.69, 9.17) is 27.7 Å². The largest absolute Gasteiger partial charge is 0.431 e. The van der Waals surface area contributed by atoms with E-state index in [0.29, 0.717) is 26.3 Å². The summed E-state index contributed by atoms with van der Waals surface area (Å²) >= 11 is 12.1. The molecule has 0 bridgehead atoms. The fraction of sp³-hybridized carbons (Fsp3) is 0.214. The van der Waals surface area contributed by atoms with E-state index < -0.39 is 23.1 Å². The Morgan fingerprint density at radius 1 is 1.16 bits per heavy atom. The second-order valence-electron chi connectivity index (χ2n) is 5.20. The Morgan fingerprint density at radius 2 is 1.80 bits per heavy atom. The lowest BCUT2D eigenvalue weighted by Crippen LogP contribution is -2.40. The lowest BCUT2D eigenvalue weighted by Gasteiger charge is -2.14. The van der Waals surface area contributed by atoms with E-state index in [9.17, 15) is 22.8 Å². The van der Waals surface area contributed by atoms with Crippen LogP contribution in [0, 0.1) is 6.92 Å². The summed E-state index contributed by atoms with van der Waals surface area (Å²) in [6.45, 7) is 1.57. The Bertz CT molecular complexity index is 1130. The van der Waals surface area contributed by atoms with E-state index in [-0.39, 0.29) is 21.3 Å². The summed E-state index contributed by atoms with van der Waals surface area (Å²) in [5, 5.41) is 4.02. The summed E-state index contributed by atoms with van der Waals surface area (Å²) < 4.78 is 44.7. The van der Waals surface area contributed by atoms with Crippen LogP contribution in [-0.2, 0) is 13.2 Å². The van der Waals surface area contributed by atoms with E-state index in [0.717, 1.165) is 7.05 Å². The standard InChI is InChI=1S/C14H8Cl2F3N3O3/c1-5-10-6(15)3-7(16)11(12(10)25-20-5)22-9(23)4-8(14(17,18)19)21(2)13(22)24/h3-4H,1-2H3. The molecule has 6 nitrogen and oxygen atoms in total. The van der Waals surface area contributed by atoms with Crippen molar-refractivity contribution in [1.82, 2.24) is 14.3 Å². The van der Waals surface area contributed by atoms with E-state index in [1.165, 1.54) is 6.07 Å². The molecule has 0 saturated carbocycles. The average Bonchev–Trinajstić information content (AvgIpc) is 2.87. The first-order valence-corrected chi connectivity index (χ1v) is 7.44. The molecule has 0 fully saturated rings. The summed E-state index contributed by atoms with van der Waals surface area (Å²) in [6.07, 6.45) is -4.87. The van der Waals surface area contributed by atoms with Gasteiger partial charge in [-0.2, -0.15) is 13.2 Å². The topological polar surface area (TPSA) is 70.0 Å². The minimum atomic E-state index is -4.87. The van der Waals surface area contributed by atoms with Crippen LogP contribution < -0.4 is 11.2 Å². The number of hydrogen-bond acceptors (Lipinski definition) is 4. The Kier molecular flexibility index (Phi) is 3.96. The molecule has 0 unspecified atom stereocenters. The molecule has 0 amide bonds. The molecule has 0 aliphatic carbocycles. The predicted molar refractivity (Wildman–Crippen MR) is 84.6 cm³/mol. The molecule has 0 saturated heterocycles. The van der Waals surface area contributed by atoms with E-state index >= 15 is 0 Å². The van der Waals surface area contributed by atoms with Crippen LogP contribution >= 0.6 is 23.2 Å². The van der Waals surface area contributed by atoms with Gasteiger partial charge in [0, 0.05) is 13.1 Å². The highest BCUT2D eigenvalue weighted by Crippen LogP contribution is 2.36. The molecule has 2 heterocycles. The van der Waals surface area contributed by atoms with Crippen molar-refractivity contribution in [3.05, 3.63) is 54.4 Å². The third-order valence-electron chi connectivity index (χ3n) is 3.63. The maximum atomic E-state index is 13.0. The minimum Gasteiger partial charge on any atom is -0.354 e. The number of alkyl halides is 3. The Labute approximate surface area is 147 Å². The van der Waals surface area contributed by atoms with Crippen molar-refractivity contribution in [2.24, 2.45) is 7.05 Å². The molecule has 25 heavy (non-hydrogen) atoms. The third kappa shape index (κ3) is 2.63. The quantitative estimate of drug-likeness (QED) is 0.635. The van der Waals surface area contributed by atoms with Crippen LogP contribution in [0.4, 0.5) is 13.2 Å². The Hall–Kier alpha value is -2.26. The van der Waals surface area contributed by atoms with Gasteiger partial charge in [-0.05, 0) is 13.0 Å². The number of hydrogen-bond donors (Lipinski definition) is 0. The number of halogens is 5. The summed E-state index contributed by atoms with van der Waals surface area (Å²) in [6, 6.07) is 1.57. The highest BCUT2D eigenvalue weighted by atomic mass is 35.5. The molecule has 2 aromatic heterocycles. The van der Waals surface area contributed by atoms with Gasteiger partial charge in [0.25, 0.3) is 5.56 Å². The molecular formula is C14H8Cl2F3N3O3. The van der Waals surface area contributed by atoms with Gasteiger partial charge in [-0.15, -0.1) is 0 Å². The normalized spacial score (nSPS) is 12.1. The van der Waals surface area contributed by atoms with Gasteiger partial charge in [-0.3, -0.25) is 9.36 Å². The maximum Gasteiger partial charge on any atom is 0.431 e. The number of aryl methyl sites for hydroxylation is 1. The Balaban J connectivity index is 2.48. The smallest absolute Gasteiger partial charge is 0.354 e. The molecule has 0 N–H and O–H groups in total. The number of fused-ring (bicyclic) bond motifs is 1. The van der Waals surface area contributed by atoms with Crippen LogP contribution in [0.1, 0.15) is 11.4 Å². The van der Waals surface area contributed by atoms with Gasteiger partial charge in [-0.1, -0.05) is 28.4 Å². The number of nitrogens with zero attached hydrogens (tertiary/aromatic N) is 3. The van der Waals surface area contributed by atoms with E-state index in [1.54, 1.807) is 6.92 Å². The lowest BCUT2D eigenvalue weighted by molar-refractivity contribution is -0.144. The molecular weight excluding hydrogens is 386 g/mol. The molecule has 0 aliphatic heterocycles. The first-order chi connectivity index (χ1) is 11.5. The van der Waals surface area contributed by atoms with Crippen LogP contribution in [-0.4, -0.2) is 14.3 Å². The molecule has 0 radical (unpaired) electrons. The summed E-state index contributed by atoms with van der Waals surface area (Å²) in [7, 11) is 0.897. The molecule has 1 aromatic carbocycles. The van der Waals surface area contributed by atoms with Gasteiger partial charge in [0.1, 0.15) is 11.4 Å². The zero-order chi connectivity index (χ0) is 18.7. The zero-order valence-corrected chi connectivity index (χ0v) is 14.1. The molecule has 132 valence electrons. The number of rotatable bonds is 1. The second-order valence-corrected chi connectivity index (χ2v) is 6.02. The van der Waals surface area contributed by atoms with Crippen molar-refractivity contribution in [2.75, 3.05) is 0 Å². The van der Waals surface area contributed by atoms with Gasteiger partial charge in [0.15, 0.2) is 5.58 Å². The summed E-state index contributed by atoms with van der Waals surface area (Å²) in [4.78, 5) is 24.7. The average molecular weight is 394 g/mol. The number of benzene rings is 1. The molecule has 0 aliphatic rings. The van der Waals surface area contributed by atoms with Crippen LogP contribution in [0.5, 0.6) is 0 Å². The van der Waals surface area contributed by atoms with Crippen molar-refractivity contribution in [3.63, 3.8) is 0 Å². The van der Waals surface area contributed by atoms with Crippen molar-refractivity contribution in [3.8, 4) is 5.69 Å². The molecule has 0 spiro atoms. The van der Waals surface area contributed by atoms with Crippen LogP contribution in [0.25, 0.3) is 16.7 Å². The fourth-order valence-corrected chi connectivity index (χ4v) is 3.15. The zero-order valence-electron chi connectivity index (χ0n) is 12.6. The summed E-state index contributed by atoms with van der Waals surface area (Å²) in [5.41, 5.74) is -3.76. The molecule has 3 rings (SSSR count). The van der Waals surface area contributed by atoms with Crippen LogP contribution in [0.2, 0.25) is 10.0 Å². The van der Waals surface area contributed by atoms with Crippen molar-refractivity contribution in [1.29, 1.82) is 0 Å². The van der Waals surface area contributed by atoms with Crippen LogP contribution in [0.15, 0.2) is 26.2 Å². The van der Waals surface area contributed by atoms with E-state index in [1.807, 2.05) is 0 Å². The predicted octanol–water partition coefficient (Wildman–Crippen LogP) is 3.31. The first kappa shape index (κ1) is 17.6. The maximum absolute atomic E-state index is 13.0.